The Morgan fingerprint density at radius 1 is 0.667 bits per heavy atom. The molecule has 15 nitrogen and oxygen atoms in total. The van der Waals surface area contributed by atoms with E-state index in [1.807, 2.05) is 6.07 Å². The van der Waals surface area contributed by atoms with E-state index in [4.69, 9.17) is 4.74 Å². The predicted octanol–water partition coefficient (Wildman–Crippen LogP) is 3.11. The number of nitro benzene ring substituents is 2. The molecule has 0 saturated heterocycles. The van der Waals surface area contributed by atoms with Crippen LogP contribution in [0, 0.1) is 20.2 Å². The fourth-order valence-electron chi connectivity index (χ4n) is 4.39. The first-order chi connectivity index (χ1) is 22.2. The van der Waals surface area contributed by atoms with E-state index in [1.165, 1.54) is 36.4 Å². The number of rotatable bonds is 7. The molecule has 4 aromatic carbocycles. The van der Waals surface area contributed by atoms with Crippen LogP contribution in [0.1, 0.15) is 27.9 Å². The Morgan fingerprint density at radius 2 is 1.06 bits per heavy atom. The molecule has 6 rings (SSSR count). The van der Waals surface area contributed by atoms with Gasteiger partial charge < -0.3 is 15.3 Å². The maximum absolute atomic E-state index is 12.2. The summed E-state index contributed by atoms with van der Waals surface area (Å²) in [6.45, 7) is 1.96. The molecule has 2 N–H and O–H groups in total. The molecule has 0 aliphatic rings. The number of carboxylic acids is 1. The average Bonchev–Trinajstić information content (AvgIpc) is 3.07. The van der Waals surface area contributed by atoms with Crippen molar-refractivity contribution in [2.75, 3.05) is 6.61 Å². The molecule has 16 heteroatoms. The number of nitro groups is 2. The van der Waals surface area contributed by atoms with Gasteiger partial charge in [-0.2, -0.15) is 0 Å². The van der Waals surface area contributed by atoms with E-state index in [-0.39, 0.29) is 70.2 Å². The first-order valence-corrected chi connectivity index (χ1v) is 13.6. The zero-order chi connectivity index (χ0) is 32.8. The molecule has 236 valence electrons. The van der Waals surface area contributed by atoms with Crippen LogP contribution in [0.25, 0.3) is 44.6 Å². The molecular weight excluding hydrogens is 635 g/mol. The van der Waals surface area contributed by atoms with Crippen LogP contribution in [0.2, 0.25) is 0 Å². The van der Waals surface area contributed by atoms with Gasteiger partial charge in [0.05, 0.1) is 27.5 Å². The van der Waals surface area contributed by atoms with Crippen molar-refractivity contribution >= 4 is 45.1 Å². The van der Waals surface area contributed by atoms with Crippen LogP contribution in [0.4, 0.5) is 11.4 Å². The topological polar surface area (TPSA) is 231 Å². The van der Waals surface area contributed by atoms with Crippen molar-refractivity contribution in [3.63, 3.8) is 0 Å². The normalized spacial score (nSPS) is 10.1. The molecular formula is C32H23N6NaO9. The van der Waals surface area contributed by atoms with Crippen LogP contribution in [-0.4, -0.2) is 58.9 Å². The van der Waals surface area contributed by atoms with Crippen molar-refractivity contribution < 1.29 is 64.3 Å². The average molecular weight is 659 g/mol. The summed E-state index contributed by atoms with van der Waals surface area (Å²) in [5.41, 5.74) is 2.20. The third kappa shape index (κ3) is 8.15. The number of hydrogen-bond acceptors (Lipinski definition) is 12. The summed E-state index contributed by atoms with van der Waals surface area (Å²) in [6, 6.07) is 25.4. The number of aromatic carboxylic acids is 1. The second kappa shape index (κ2) is 16.2. The maximum atomic E-state index is 12.2. The molecule has 0 fully saturated rings. The van der Waals surface area contributed by atoms with Crippen molar-refractivity contribution in [2.24, 2.45) is 0 Å². The predicted molar refractivity (Wildman–Crippen MR) is 168 cm³/mol. The molecule has 0 atom stereocenters. The van der Waals surface area contributed by atoms with E-state index in [0.717, 1.165) is 0 Å². The van der Waals surface area contributed by atoms with Crippen LogP contribution in [0.15, 0.2) is 97.1 Å². The van der Waals surface area contributed by atoms with Gasteiger partial charge in [0, 0.05) is 46.2 Å². The number of carbonyl (C=O) groups is 2. The molecule has 6 aromatic rings. The van der Waals surface area contributed by atoms with Crippen molar-refractivity contribution in [3.8, 4) is 22.8 Å². The first-order valence-electron chi connectivity index (χ1n) is 13.6. The Labute approximate surface area is 293 Å². The van der Waals surface area contributed by atoms with Crippen LogP contribution >= 0.6 is 0 Å². The van der Waals surface area contributed by atoms with Crippen LogP contribution in [0.3, 0.4) is 0 Å². The number of hydrogen-bond donors (Lipinski definition) is 1. The van der Waals surface area contributed by atoms with Crippen LogP contribution < -0.4 is 29.6 Å². The van der Waals surface area contributed by atoms with Gasteiger partial charge in [-0.15, -0.1) is 0 Å². The van der Waals surface area contributed by atoms with E-state index in [2.05, 4.69) is 19.9 Å². The Balaban J connectivity index is 0.000000251. The molecule has 0 amide bonds. The minimum atomic E-state index is -1.15. The van der Waals surface area contributed by atoms with Gasteiger partial charge in [-0.05, 0) is 43.3 Å². The van der Waals surface area contributed by atoms with Crippen molar-refractivity contribution in [2.45, 2.75) is 6.92 Å². The van der Waals surface area contributed by atoms with Crippen LogP contribution in [-0.2, 0) is 4.74 Å². The van der Waals surface area contributed by atoms with Crippen LogP contribution in [0.5, 0.6) is 0 Å². The fraction of sp³-hybridized carbons (Fsp3) is 0.0625. The van der Waals surface area contributed by atoms with E-state index in [0.29, 0.717) is 38.8 Å². The monoisotopic (exact) mass is 658 g/mol. The van der Waals surface area contributed by atoms with Gasteiger partial charge in [-0.3, -0.25) is 20.2 Å². The first kappa shape index (κ1) is 36.7. The Bertz CT molecular complexity index is 2130. The summed E-state index contributed by atoms with van der Waals surface area (Å²) in [7, 11) is 0. The summed E-state index contributed by atoms with van der Waals surface area (Å²) in [4.78, 5) is 61.1. The molecule has 0 bridgehead atoms. The minimum absolute atomic E-state index is 0. The number of fused-ring (bicyclic) bond motifs is 2. The SMILES string of the molecule is CCOC(=O)c1nc(-c2ccc([N+](=O)[O-])cc2)nc2ccccc12.O=C(O)c1nc(-c2ccc([N+](=O)[O-])cc2)nc2ccccc12.[Na+].[OH-]. The Hall–Kier alpha value is -5.74. The Kier molecular flexibility index (Phi) is 12.4. The number of non-ortho nitro benzene ring substituents is 2. The third-order valence-corrected chi connectivity index (χ3v) is 6.55. The standard InChI is InChI=1S/C17H13N3O4.C15H9N3O4.Na.H2O/c1-2-24-17(21)15-13-5-3-4-6-14(13)18-16(19-15)11-7-9-12(10-8-11)20(22)23;19-15(20)13-11-3-1-2-4-12(11)16-14(17-13)9-5-7-10(8-6-9)18(21)22;;/h3-10H,2H2,1H3;1-8H,(H,19,20);;1H2/q;;+1;/p-1. The number of para-hydroxylation sites is 2. The largest absolute Gasteiger partial charge is 1.00 e. The van der Waals surface area contributed by atoms with Crippen molar-refractivity contribution in [3.05, 3.63) is 129 Å². The quantitative estimate of drug-likeness (QED) is 0.113. The molecule has 0 radical (unpaired) electrons. The summed E-state index contributed by atoms with van der Waals surface area (Å²) in [6.07, 6.45) is 0. The van der Waals surface area contributed by atoms with Gasteiger partial charge in [-0.25, -0.2) is 29.5 Å². The van der Waals surface area contributed by atoms with Gasteiger partial charge >= 0.3 is 41.5 Å². The molecule has 48 heavy (non-hydrogen) atoms. The van der Waals surface area contributed by atoms with Gasteiger partial charge in [-0.1, -0.05) is 36.4 Å². The summed E-state index contributed by atoms with van der Waals surface area (Å²) in [5.74, 6) is -1.15. The summed E-state index contributed by atoms with van der Waals surface area (Å²) >= 11 is 0. The van der Waals surface area contributed by atoms with Gasteiger partial charge in [0.15, 0.2) is 23.0 Å². The number of nitrogens with zero attached hydrogens (tertiary/aromatic N) is 6. The number of carbonyl (C=O) groups excluding carboxylic acids is 1. The van der Waals surface area contributed by atoms with Crippen molar-refractivity contribution in [1.82, 2.24) is 19.9 Å². The van der Waals surface area contributed by atoms with E-state index >= 15 is 0 Å². The summed E-state index contributed by atoms with van der Waals surface area (Å²) < 4.78 is 5.06. The fourth-order valence-corrected chi connectivity index (χ4v) is 4.39. The van der Waals surface area contributed by atoms with E-state index in [9.17, 15) is 34.9 Å². The summed E-state index contributed by atoms with van der Waals surface area (Å²) in [5, 5.41) is 31.8. The molecule has 0 unspecified atom stereocenters. The van der Waals surface area contributed by atoms with Gasteiger partial charge in [0.2, 0.25) is 0 Å². The molecule has 0 spiro atoms. The second-order valence-corrected chi connectivity index (χ2v) is 9.46. The smallest absolute Gasteiger partial charge is 0.870 e. The second-order valence-electron chi connectivity index (χ2n) is 9.46. The molecule has 2 aromatic heterocycles. The molecule has 2 heterocycles. The molecule has 0 aliphatic carbocycles. The zero-order valence-electron chi connectivity index (χ0n) is 25.4. The maximum Gasteiger partial charge on any atom is 1.00 e. The minimum Gasteiger partial charge on any atom is -0.870 e. The van der Waals surface area contributed by atoms with Gasteiger partial charge in [0.25, 0.3) is 11.4 Å². The number of benzene rings is 4. The van der Waals surface area contributed by atoms with E-state index in [1.54, 1.807) is 61.5 Å². The molecule has 0 saturated carbocycles. The number of ether oxygens (including phenoxy) is 1. The Morgan fingerprint density at radius 3 is 1.46 bits per heavy atom. The molecule has 0 aliphatic heterocycles. The van der Waals surface area contributed by atoms with Gasteiger partial charge in [0.1, 0.15) is 0 Å². The number of carboxylic acid groups (broad SMARTS) is 1. The zero-order valence-corrected chi connectivity index (χ0v) is 27.4. The van der Waals surface area contributed by atoms with Crippen molar-refractivity contribution in [1.29, 1.82) is 0 Å². The van der Waals surface area contributed by atoms with E-state index < -0.39 is 21.8 Å². The number of esters is 1. The third-order valence-electron chi connectivity index (χ3n) is 6.55. The number of aromatic nitrogens is 4.